The van der Waals surface area contributed by atoms with Gasteiger partial charge in [-0.15, -0.1) is 0 Å². The van der Waals surface area contributed by atoms with Gasteiger partial charge in [-0.2, -0.15) is 0 Å². The highest BCUT2D eigenvalue weighted by Gasteiger charge is 2.23. The molecule has 0 aliphatic rings. The van der Waals surface area contributed by atoms with E-state index in [0.717, 1.165) is 13.0 Å². The van der Waals surface area contributed by atoms with Gasteiger partial charge in [-0.3, -0.25) is 10.1 Å². The third kappa shape index (κ3) is 5.05. The molecule has 0 amide bonds. The number of aryl methyl sites for hydroxylation is 1. The summed E-state index contributed by atoms with van der Waals surface area (Å²) in [5.41, 5.74) is 0.233. The largest absolute Gasteiger partial charge is 0.364 e. The van der Waals surface area contributed by atoms with Crippen LogP contribution in [0.3, 0.4) is 0 Å². The van der Waals surface area contributed by atoms with Gasteiger partial charge in [0.05, 0.1) is 11.3 Å². The second-order valence-electron chi connectivity index (χ2n) is 5.54. The molecule has 2 N–H and O–H groups in total. The highest BCUT2D eigenvalue weighted by molar-refractivity contribution is 6.35. The number of nitro groups is 1. The van der Waals surface area contributed by atoms with Crippen molar-refractivity contribution >= 4 is 46.2 Å². The highest BCUT2D eigenvalue weighted by atomic mass is 35.5. The van der Waals surface area contributed by atoms with Crippen molar-refractivity contribution in [1.29, 1.82) is 0 Å². The van der Waals surface area contributed by atoms with E-state index < -0.39 is 4.92 Å². The highest BCUT2D eigenvalue weighted by Crippen LogP contribution is 2.32. The van der Waals surface area contributed by atoms with Crippen molar-refractivity contribution in [1.82, 2.24) is 19.5 Å². The molecule has 0 unspecified atom stereocenters. The summed E-state index contributed by atoms with van der Waals surface area (Å²) in [6.07, 6.45) is 7.25. The number of halogens is 2. The maximum absolute atomic E-state index is 11.6. The molecule has 0 fully saturated rings. The fourth-order valence-electron chi connectivity index (χ4n) is 2.42. The summed E-state index contributed by atoms with van der Waals surface area (Å²) >= 11 is 11.9. The van der Waals surface area contributed by atoms with Crippen LogP contribution in [0.25, 0.3) is 0 Å². The Morgan fingerprint density at radius 2 is 1.89 bits per heavy atom. The average Bonchev–Trinajstić information content (AvgIpc) is 3.11. The number of nitrogens with one attached hydrogen (secondary N) is 2. The molecule has 140 valence electrons. The first-order valence-electron chi connectivity index (χ1n) is 7.95. The number of nitrogens with zero attached hydrogens (tertiary/aromatic N) is 5. The average molecular weight is 408 g/mol. The molecular weight excluding hydrogens is 393 g/mol. The Hall–Kier alpha value is -2.91. The lowest BCUT2D eigenvalue weighted by Gasteiger charge is -2.10. The number of imidazole rings is 1. The Labute approximate surface area is 164 Å². The maximum atomic E-state index is 11.6. The number of hydrogen-bond donors (Lipinski definition) is 2. The lowest BCUT2D eigenvalue weighted by Crippen LogP contribution is -2.10. The van der Waals surface area contributed by atoms with Crippen LogP contribution >= 0.6 is 23.2 Å². The zero-order chi connectivity index (χ0) is 19.2. The molecule has 3 rings (SSSR count). The van der Waals surface area contributed by atoms with E-state index in [1.165, 1.54) is 6.33 Å². The van der Waals surface area contributed by atoms with Crippen molar-refractivity contribution in [3.63, 3.8) is 0 Å². The summed E-state index contributed by atoms with van der Waals surface area (Å²) in [5.74, 6) is 0.182. The summed E-state index contributed by atoms with van der Waals surface area (Å²) in [4.78, 5) is 23.0. The summed E-state index contributed by atoms with van der Waals surface area (Å²) in [6.45, 7) is 1.23. The van der Waals surface area contributed by atoms with E-state index in [4.69, 9.17) is 23.2 Å². The van der Waals surface area contributed by atoms with Gasteiger partial charge < -0.3 is 15.2 Å². The summed E-state index contributed by atoms with van der Waals surface area (Å²) in [7, 11) is 0. The molecule has 3 aromatic rings. The summed E-state index contributed by atoms with van der Waals surface area (Å²) < 4.78 is 1.92. The normalized spacial score (nSPS) is 10.6. The van der Waals surface area contributed by atoms with Gasteiger partial charge in [-0.1, -0.05) is 23.2 Å². The molecule has 11 heteroatoms. The van der Waals surface area contributed by atoms with Crippen LogP contribution in [0, 0.1) is 10.1 Å². The van der Waals surface area contributed by atoms with Gasteiger partial charge in [0.15, 0.2) is 0 Å². The second kappa shape index (κ2) is 8.65. The monoisotopic (exact) mass is 407 g/mol. The Balaban J connectivity index is 1.74. The third-order valence-electron chi connectivity index (χ3n) is 3.57. The summed E-state index contributed by atoms with van der Waals surface area (Å²) in [5, 5.41) is 18.2. The van der Waals surface area contributed by atoms with E-state index in [1.807, 2.05) is 10.8 Å². The zero-order valence-corrected chi connectivity index (χ0v) is 15.5. The van der Waals surface area contributed by atoms with Gasteiger partial charge in [0.1, 0.15) is 6.33 Å². The molecule has 2 aromatic heterocycles. The van der Waals surface area contributed by atoms with E-state index in [1.54, 1.807) is 30.7 Å². The Bertz CT molecular complexity index is 914. The lowest BCUT2D eigenvalue weighted by molar-refractivity contribution is -0.383. The van der Waals surface area contributed by atoms with Crippen molar-refractivity contribution in [3.05, 3.63) is 63.4 Å². The number of hydrogen-bond acceptors (Lipinski definition) is 7. The molecular formula is C16H15Cl2N7O2. The van der Waals surface area contributed by atoms with Gasteiger partial charge in [0, 0.05) is 41.2 Å². The van der Waals surface area contributed by atoms with Crippen LogP contribution in [0.1, 0.15) is 6.42 Å². The third-order valence-corrected chi connectivity index (χ3v) is 4.01. The molecule has 0 spiro atoms. The molecule has 2 heterocycles. The number of rotatable bonds is 8. The predicted octanol–water partition coefficient (Wildman–Crippen LogP) is 4.13. The van der Waals surface area contributed by atoms with Crippen molar-refractivity contribution < 1.29 is 4.92 Å². The molecule has 0 atom stereocenters. The molecule has 0 aliphatic heterocycles. The second-order valence-corrected chi connectivity index (χ2v) is 6.41. The van der Waals surface area contributed by atoms with Crippen LogP contribution in [0.4, 0.5) is 23.0 Å². The molecule has 0 aliphatic carbocycles. The molecule has 27 heavy (non-hydrogen) atoms. The number of anilines is 3. The van der Waals surface area contributed by atoms with Gasteiger partial charge in [0.2, 0.25) is 11.6 Å². The minimum Gasteiger partial charge on any atom is -0.364 e. The van der Waals surface area contributed by atoms with E-state index in [2.05, 4.69) is 25.6 Å². The van der Waals surface area contributed by atoms with Gasteiger partial charge in [0.25, 0.3) is 0 Å². The fourth-order valence-corrected chi connectivity index (χ4v) is 2.95. The van der Waals surface area contributed by atoms with Crippen LogP contribution in [-0.2, 0) is 6.54 Å². The molecule has 0 saturated heterocycles. The minimum absolute atomic E-state index is 0.0467. The van der Waals surface area contributed by atoms with Crippen molar-refractivity contribution in [2.24, 2.45) is 0 Å². The maximum Gasteiger partial charge on any atom is 0.353 e. The van der Waals surface area contributed by atoms with Gasteiger partial charge in [-0.25, -0.2) is 15.0 Å². The van der Waals surface area contributed by atoms with Crippen LogP contribution in [-0.4, -0.2) is 31.0 Å². The van der Waals surface area contributed by atoms with Gasteiger partial charge >= 0.3 is 5.69 Å². The minimum atomic E-state index is -0.535. The number of aromatic nitrogens is 4. The zero-order valence-electron chi connectivity index (χ0n) is 14.0. The van der Waals surface area contributed by atoms with E-state index >= 15 is 0 Å². The Kier molecular flexibility index (Phi) is 6.05. The van der Waals surface area contributed by atoms with Crippen molar-refractivity contribution in [2.75, 3.05) is 17.2 Å². The van der Waals surface area contributed by atoms with Crippen molar-refractivity contribution in [3.8, 4) is 0 Å². The molecule has 0 bridgehead atoms. The van der Waals surface area contributed by atoms with Crippen LogP contribution in [0.15, 0.2) is 43.2 Å². The topological polar surface area (TPSA) is 111 Å². The van der Waals surface area contributed by atoms with E-state index in [9.17, 15) is 10.1 Å². The Morgan fingerprint density at radius 3 is 2.56 bits per heavy atom. The lowest BCUT2D eigenvalue weighted by atomic mass is 10.3. The van der Waals surface area contributed by atoms with Crippen LogP contribution < -0.4 is 10.6 Å². The first-order valence-corrected chi connectivity index (χ1v) is 8.70. The van der Waals surface area contributed by atoms with Crippen LogP contribution in [0.2, 0.25) is 10.0 Å². The SMILES string of the molecule is O=[N+]([O-])c1c(NCCCn2ccnc2)ncnc1Nc1cc(Cl)cc(Cl)c1. The van der Waals surface area contributed by atoms with E-state index in [0.29, 0.717) is 22.3 Å². The van der Waals surface area contributed by atoms with Gasteiger partial charge in [-0.05, 0) is 24.6 Å². The Morgan fingerprint density at radius 1 is 1.15 bits per heavy atom. The fraction of sp³-hybridized carbons (Fsp3) is 0.188. The smallest absolute Gasteiger partial charge is 0.353 e. The quantitative estimate of drug-likeness (QED) is 0.327. The summed E-state index contributed by atoms with van der Waals surface area (Å²) in [6, 6.07) is 4.75. The first-order chi connectivity index (χ1) is 13.0. The predicted molar refractivity (Wildman–Crippen MR) is 104 cm³/mol. The van der Waals surface area contributed by atoms with E-state index in [-0.39, 0.29) is 17.3 Å². The molecule has 0 radical (unpaired) electrons. The van der Waals surface area contributed by atoms with Crippen LogP contribution in [0.5, 0.6) is 0 Å². The standard InChI is InChI=1S/C16H15Cl2N7O2/c17-11-6-12(18)8-13(7-11)23-16-14(25(26)27)15(21-9-22-16)20-2-1-4-24-5-3-19-10-24/h3,5-10H,1-2,4H2,(H2,20,21,22,23). The number of benzene rings is 1. The molecule has 9 nitrogen and oxygen atoms in total. The first kappa shape index (κ1) is 18.9. The molecule has 1 aromatic carbocycles. The van der Waals surface area contributed by atoms with Crippen molar-refractivity contribution in [2.45, 2.75) is 13.0 Å². The molecule has 0 saturated carbocycles.